The Balaban J connectivity index is 3.38. The van der Waals surface area contributed by atoms with Gasteiger partial charge in [-0.25, -0.2) is 0 Å². The van der Waals surface area contributed by atoms with E-state index < -0.39 is 6.10 Å². The van der Waals surface area contributed by atoms with Crippen molar-refractivity contribution < 1.29 is 19.4 Å². The number of rotatable bonds is 27. The second kappa shape index (κ2) is 27.6. The molecule has 0 amide bonds. The van der Waals surface area contributed by atoms with Gasteiger partial charge < -0.3 is 14.6 Å². The number of carbonyl (C=O) groups is 1. The van der Waals surface area contributed by atoms with Gasteiger partial charge in [-0.1, -0.05) is 136 Å². The topological polar surface area (TPSA) is 55.8 Å². The zero-order chi connectivity index (χ0) is 24.2. The molecule has 4 nitrogen and oxygen atoms in total. The van der Waals surface area contributed by atoms with Crippen molar-refractivity contribution in [2.45, 2.75) is 161 Å². The smallest absolute Gasteiger partial charge is 0.306 e. The van der Waals surface area contributed by atoms with E-state index in [1.54, 1.807) is 0 Å². The second-order valence-corrected chi connectivity index (χ2v) is 9.84. The largest absolute Gasteiger partial charge is 0.457 e. The average Bonchev–Trinajstić information content (AvgIpc) is 2.82. The van der Waals surface area contributed by atoms with Gasteiger partial charge in [0, 0.05) is 13.0 Å². The molecule has 0 heterocycles. The van der Waals surface area contributed by atoms with Crippen molar-refractivity contribution in [3.05, 3.63) is 0 Å². The SMILES string of the molecule is CCCCCCCCCCCCCCCCOCC(CO)OC(=O)CCCCCCCCC. The number of aliphatic hydroxyl groups excluding tert-OH is 1. The van der Waals surface area contributed by atoms with Crippen LogP contribution in [0.3, 0.4) is 0 Å². The van der Waals surface area contributed by atoms with Crippen molar-refractivity contribution in [3.8, 4) is 0 Å². The lowest BCUT2D eigenvalue weighted by Gasteiger charge is -2.15. The molecule has 0 bridgehead atoms. The Bertz CT molecular complexity index is 386. The Kier molecular flexibility index (Phi) is 27.1. The van der Waals surface area contributed by atoms with Crippen LogP contribution in [-0.4, -0.2) is 37.0 Å². The maximum Gasteiger partial charge on any atom is 0.306 e. The minimum Gasteiger partial charge on any atom is -0.457 e. The summed E-state index contributed by atoms with van der Waals surface area (Å²) in [7, 11) is 0. The first-order chi connectivity index (χ1) is 16.2. The van der Waals surface area contributed by atoms with E-state index in [1.807, 2.05) is 0 Å². The molecule has 0 aliphatic rings. The van der Waals surface area contributed by atoms with Gasteiger partial charge in [-0.3, -0.25) is 4.79 Å². The molecule has 0 saturated heterocycles. The van der Waals surface area contributed by atoms with Crippen LogP contribution < -0.4 is 0 Å². The number of esters is 1. The minimum atomic E-state index is -0.520. The van der Waals surface area contributed by atoms with Crippen LogP contribution in [-0.2, 0) is 14.3 Å². The van der Waals surface area contributed by atoms with Gasteiger partial charge in [-0.05, 0) is 12.8 Å². The van der Waals surface area contributed by atoms with Crippen LogP contribution in [0.4, 0.5) is 0 Å². The molecule has 0 saturated carbocycles. The number of ether oxygens (including phenoxy) is 2. The van der Waals surface area contributed by atoms with Gasteiger partial charge >= 0.3 is 5.97 Å². The summed E-state index contributed by atoms with van der Waals surface area (Å²) in [6.07, 6.45) is 27.0. The molecule has 4 heteroatoms. The molecule has 0 rings (SSSR count). The molecule has 1 unspecified atom stereocenters. The number of unbranched alkanes of at least 4 members (excludes halogenated alkanes) is 19. The molecule has 0 aromatic carbocycles. The van der Waals surface area contributed by atoms with Gasteiger partial charge in [0.2, 0.25) is 0 Å². The highest BCUT2D eigenvalue weighted by Gasteiger charge is 2.13. The zero-order valence-electron chi connectivity index (χ0n) is 22.4. The quantitative estimate of drug-likeness (QED) is 0.0965. The summed E-state index contributed by atoms with van der Waals surface area (Å²) in [5.74, 6) is -0.206. The Morgan fingerprint density at radius 3 is 1.42 bits per heavy atom. The molecule has 0 aromatic rings. The molecule has 0 aliphatic heterocycles. The van der Waals surface area contributed by atoms with Gasteiger partial charge in [-0.2, -0.15) is 0 Å². The molecule has 0 aromatic heterocycles. The Labute approximate surface area is 206 Å². The Hall–Kier alpha value is -0.610. The lowest BCUT2D eigenvalue weighted by Crippen LogP contribution is -2.27. The van der Waals surface area contributed by atoms with E-state index in [-0.39, 0.29) is 12.6 Å². The van der Waals surface area contributed by atoms with Crippen LogP contribution in [0.5, 0.6) is 0 Å². The summed E-state index contributed by atoms with van der Waals surface area (Å²) >= 11 is 0. The van der Waals surface area contributed by atoms with Crippen molar-refractivity contribution >= 4 is 5.97 Å². The summed E-state index contributed by atoms with van der Waals surface area (Å²) in [4.78, 5) is 11.9. The fourth-order valence-electron chi connectivity index (χ4n) is 4.21. The summed E-state index contributed by atoms with van der Waals surface area (Å²) in [6.45, 7) is 5.32. The fourth-order valence-corrected chi connectivity index (χ4v) is 4.21. The Morgan fingerprint density at radius 1 is 0.606 bits per heavy atom. The van der Waals surface area contributed by atoms with Crippen LogP contribution in [0.15, 0.2) is 0 Å². The lowest BCUT2D eigenvalue weighted by molar-refractivity contribution is -0.154. The lowest BCUT2D eigenvalue weighted by atomic mass is 10.0. The number of hydrogen-bond donors (Lipinski definition) is 1. The van der Waals surface area contributed by atoms with E-state index >= 15 is 0 Å². The van der Waals surface area contributed by atoms with Crippen LogP contribution in [0.2, 0.25) is 0 Å². The molecule has 1 N–H and O–H groups in total. The maximum absolute atomic E-state index is 11.9. The third-order valence-corrected chi connectivity index (χ3v) is 6.43. The third-order valence-electron chi connectivity index (χ3n) is 6.43. The van der Waals surface area contributed by atoms with Crippen LogP contribution in [0.1, 0.15) is 155 Å². The molecule has 1 atom stereocenters. The first kappa shape index (κ1) is 32.4. The summed E-state index contributed by atoms with van der Waals surface area (Å²) < 4.78 is 11.0. The predicted molar refractivity (Wildman–Crippen MR) is 141 cm³/mol. The summed E-state index contributed by atoms with van der Waals surface area (Å²) in [5.41, 5.74) is 0. The maximum atomic E-state index is 11.9. The van der Waals surface area contributed by atoms with Gasteiger partial charge in [0.25, 0.3) is 0 Å². The highest BCUT2D eigenvalue weighted by Crippen LogP contribution is 2.13. The normalized spacial score (nSPS) is 12.2. The van der Waals surface area contributed by atoms with E-state index in [4.69, 9.17) is 9.47 Å². The molecule has 0 radical (unpaired) electrons. The van der Waals surface area contributed by atoms with Crippen molar-refractivity contribution in [1.82, 2.24) is 0 Å². The summed E-state index contributed by atoms with van der Waals surface area (Å²) in [5, 5.41) is 9.44. The molecular formula is C29H58O4. The number of hydrogen-bond acceptors (Lipinski definition) is 4. The van der Waals surface area contributed by atoms with Gasteiger partial charge in [0.05, 0.1) is 13.2 Å². The minimum absolute atomic E-state index is 0.165. The van der Waals surface area contributed by atoms with E-state index in [0.29, 0.717) is 19.6 Å². The standard InChI is InChI=1S/C29H58O4/c1-3-5-7-9-11-12-13-14-15-16-17-19-21-23-25-32-27-28(26-30)33-29(31)24-22-20-18-10-8-6-4-2/h28,30H,3-27H2,1-2H3. The van der Waals surface area contributed by atoms with E-state index in [1.165, 1.54) is 116 Å². The van der Waals surface area contributed by atoms with Gasteiger partial charge in [0.15, 0.2) is 0 Å². The second-order valence-electron chi connectivity index (χ2n) is 9.84. The molecule has 0 aliphatic carbocycles. The molecule has 0 fully saturated rings. The monoisotopic (exact) mass is 470 g/mol. The van der Waals surface area contributed by atoms with Crippen molar-refractivity contribution in [3.63, 3.8) is 0 Å². The van der Waals surface area contributed by atoms with E-state index in [0.717, 1.165) is 19.3 Å². The average molecular weight is 471 g/mol. The number of carbonyl (C=O) groups excluding carboxylic acids is 1. The van der Waals surface area contributed by atoms with Crippen molar-refractivity contribution in [2.75, 3.05) is 19.8 Å². The van der Waals surface area contributed by atoms with Crippen molar-refractivity contribution in [2.24, 2.45) is 0 Å². The molecule has 33 heavy (non-hydrogen) atoms. The van der Waals surface area contributed by atoms with E-state index in [2.05, 4.69) is 13.8 Å². The van der Waals surface area contributed by atoms with E-state index in [9.17, 15) is 9.90 Å². The fraction of sp³-hybridized carbons (Fsp3) is 0.966. The molecule has 0 spiro atoms. The highest BCUT2D eigenvalue weighted by molar-refractivity contribution is 5.69. The van der Waals surface area contributed by atoms with Crippen LogP contribution in [0, 0.1) is 0 Å². The van der Waals surface area contributed by atoms with Gasteiger partial charge in [0.1, 0.15) is 6.10 Å². The van der Waals surface area contributed by atoms with Crippen LogP contribution in [0.25, 0.3) is 0 Å². The summed E-state index contributed by atoms with van der Waals surface area (Å²) in [6, 6.07) is 0. The van der Waals surface area contributed by atoms with Crippen LogP contribution >= 0.6 is 0 Å². The third kappa shape index (κ3) is 25.8. The first-order valence-corrected chi connectivity index (χ1v) is 14.6. The highest BCUT2D eigenvalue weighted by atomic mass is 16.6. The molecule has 198 valence electrons. The predicted octanol–water partition coefficient (Wildman–Crippen LogP) is 8.53. The van der Waals surface area contributed by atoms with Gasteiger partial charge in [-0.15, -0.1) is 0 Å². The first-order valence-electron chi connectivity index (χ1n) is 14.6. The zero-order valence-corrected chi connectivity index (χ0v) is 22.4. The van der Waals surface area contributed by atoms with Crippen molar-refractivity contribution in [1.29, 1.82) is 0 Å². The Morgan fingerprint density at radius 2 is 1.00 bits per heavy atom. The molecular weight excluding hydrogens is 412 g/mol. The number of aliphatic hydroxyl groups is 1.